The maximum Gasteiger partial charge on any atom is 0.335 e. The fraction of sp³-hybridized carbons (Fsp3) is 0.400. The van der Waals surface area contributed by atoms with E-state index >= 15 is 4.39 Å². The number of amides is 4. The predicted octanol–water partition coefficient (Wildman–Crippen LogP) is 3.51. The molecule has 3 aliphatic heterocycles. The molecule has 3 aliphatic rings. The third-order valence-corrected chi connectivity index (χ3v) is 7.23. The number of piperidine rings is 1. The van der Waals surface area contributed by atoms with Crippen LogP contribution in [0.25, 0.3) is 0 Å². The zero-order valence-electron chi connectivity index (χ0n) is 18.8. The largest absolute Gasteiger partial charge is 0.497 e. The molecule has 0 bridgehead atoms. The van der Waals surface area contributed by atoms with Crippen LogP contribution in [0.4, 0.5) is 20.6 Å². The van der Waals surface area contributed by atoms with E-state index in [1.165, 1.54) is 13.2 Å². The Bertz CT molecular complexity index is 1150. The van der Waals surface area contributed by atoms with Gasteiger partial charge in [0.15, 0.2) is 5.41 Å². The third kappa shape index (κ3) is 3.03. The van der Waals surface area contributed by atoms with Crippen molar-refractivity contribution >= 4 is 29.2 Å². The summed E-state index contributed by atoms with van der Waals surface area (Å²) in [4.78, 5) is 43.5. The molecule has 172 valence electrons. The number of ether oxygens (including phenoxy) is 1. The van der Waals surface area contributed by atoms with E-state index in [1.807, 2.05) is 11.8 Å². The van der Waals surface area contributed by atoms with Crippen LogP contribution < -0.4 is 19.9 Å². The van der Waals surface area contributed by atoms with E-state index in [0.29, 0.717) is 29.2 Å². The number of nitrogens with one attached hydrogen (secondary N) is 1. The van der Waals surface area contributed by atoms with Gasteiger partial charge < -0.3 is 9.64 Å². The van der Waals surface area contributed by atoms with Gasteiger partial charge >= 0.3 is 6.03 Å². The molecule has 2 fully saturated rings. The monoisotopic (exact) mass is 451 g/mol. The van der Waals surface area contributed by atoms with Crippen LogP contribution in [0.15, 0.2) is 42.5 Å². The Balaban J connectivity index is 1.68. The van der Waals surface area contributed by atoms with Crippen LogP contribution in [-0.2, 0) is 16.0 Å². The van der Waals surface area contributed by atoms with Gasteiger partial charge in [-0.25, -0.2) is 14.1 Å². The van der Waals surface area contributed by atoms with Crippen LogP contribution in [0.2, 0.25) is 0 Å². The summed E-state index contributed by atoms with van der Waals surface area (Å²) >= 11 is 0. The number of anilines is 2. The van der Waals surface area contributed by atoms with Gasteiger partial charge in [0.2, 0.25) is 5.91 Å². The van der Waals surface area contributed by atoms with E-state index in [9.17, 15) is 14.4 Å². The van der Waals surface area contributed by atoms with Gasteiger partial charge in [-0.3, -0.25) is 14.9 Å². The maximum atomic E-state index is 15.0. The number of urea groups is 1. The van der Waals surface area contributed by atoms with Crippen LogP contribution >= 0.6 is 0 Å². The second-order valence-electron chi connectivity index (χ2n) is 9.41. The molecule has 8 heteroatoms. The average molecular weight is 451 g/mol. The zero-order valence-corrected chi connectivity index (χ0v) is 18.8. The number of carbonyl (C=O) groups excluding carboxylic acids is 3. The van der Waals surface area contributed by atoms with Gasteiger partial charge in [-0.15, -0.1) is 0 Å². The molecular weight excluding hydrogens is 425 g/mol. The molecule has 0 aliphatic carbocycles. The fourth-order valence-corrected chi connectivity index (χ4v) is 6.04. The van der Waals surface area contributed by atoms with Crippen molar-refractivity contribution in [1.29, 1.82) is 0 Å². The number of rotatable bonds is 2. The van der Waals surface area contributed by atoms with Crippen molar-refractivity contribution in [2.45, 2.75) is 32.7 Å². The van der Waals surface area contributed by atoms with Crippen molar-refractivity contribution in [2.75, 3.05) is 23.5 Å². The molecular formula is C25H26FN3O4. The minimum Gasteiger partial charge on any atom is -0.497 e. The molecule has 0 aromatic heterocycles. The molecule has 7 nitrogen and oxygen atoms in total. The second kappa shape index (κ2) is 7.57. The highest BCUT2D eigenvalue weighted by atomic mass is 19.1. The molecule has 2 aromatic rings. The first-order valence-corrected chi connectivity index (χ1v) is 11.2. The van der Waals surface area contributed by atoms with Crippen LogP contribution in [0, 0.1) is 23.1 Å². The first kappa shape index (κ1) is 21.4. The minimum atomic E-state index is -1.55. The Hall–Kier alpha value is -3.42. The summed E-state index contributed by atoms with van der Waals surface area (Å²) in [5.41, 5.74) is -0.146. The Morgan fingerprint density at radius 1 is 1.09 bits per heavy atom. The number of carbonyl (C=O) groups is 3. The van der Waals surface area contributed by atoms with Gasteiger partial charge in [-0.1, -0.05) is 26.0 Å². The lowest BCUT2D eigenvalue weighted by Gasteiger charge is -2.56. The maximum absolute atomic E-state index is 15.0. The summed E-state index contributed by atoms with van der Waals surface area (Å²) in [5.74, 6) is -0.777. The van der Waals surface area contributed by atoms with E-state index in [4.69, 9.17) is 4.74 Å². The molecule has 4 amide bonds. The lowest BCUT2D eigenvalue weighted by atomic mass is 9.62. The Kier molecular flexibility index (Phi) is 4.92. The smallest absolute Gasteiger partial charge is 0.335 e. The number of benzene rings is 2. The fourth-order valence-electron chi connectivity index (χ4n) is 6.04. The van der Waals surface area contributed by atoms with Crippen molar-refractivity contribution in [3.05, 3.63) is 53.8 Å². The van der Waals surface area contributed by atoms with Crippen molar-refractivity contribution in [3.63, 3.8) is 0 Å². The molecule has 0 saturated carbocycles. The van der Waals surface area contributed by atoms with Gasteiger partial charge in [-0.2, -0.15) is 0 Å². The highest BCUT2D eigenvalue weighted by Gasteiger charge is 2.64. The van der Waals surface area contributed by atoms with E-state index in [-0.39, 0.29) is 24.1 Å². The minimum absolute atomic E-state index is 0.0323. The highest BCUT2D eigenvalue weighted by Crippen LogP contribution is 2.51. The van der Waals surface area contributed by atoms with Gasteiger partial charge in [0, 0.05) is 6.54 Å². The number of nitrogens with zero attached hydrogens (tertiary/aromatic N) is 2. The molecule has 33 heavy (non-hydrogen) atoms. The molecule has 4 atom stereocenters. The number of hydrogen-bond donors (Lipinski definition) is 1. The van der Waals surface area contributed by atoms with E-state index < -0.39 is 29.3 Å². The van der Waals surface area contributed by atoms with Gasteiger partial charge in [0.25, 0.3) is 5.91 Å². The number of para-hydroxylation sites is 1. The molecule has 2 saturated heterocycles. The SMILES string of the molecule is COc1ccc(N2C(=O)NC(=O)[C@@]3(Cc4cccc(F)c4N4C[C@@H](C)C[C@@H](C)[C@@H]43)C2=O)cc1. The standard InChI is InChI=1S/C25H26FN3O4/c1-14-11-15(2)21-25(12-16-5-4-6-19(26)20(16)28(21)13-14)22(30)27-24(32)29(23(25)31)17-7-9-18(33-3)10-8-17/h4-10,14-15,21H,11-13H2,1-3H3,(H,27,30,32)/t14-,15+,21+,25-/m0/s1. The van der Waals surface area contributed by atoms with Crippen LogP contribution in [0.1, 0.15) is 25.8 Å². The topological polar surface area (TPSA) is 79.0 Å². The lowest BCUT2D eigenvalue weighted by molar-refractivity contribution is -0.146. The van der Waals surface area contributed by atoms with Crippen molar-refractivity contribution in [3.8, 4) is 5.75 Å². The van der Waals surface area contributed by atoms with Gasteiger partial charge in [0.1, 0.15) is 11.6 Å². The van der Waals surface area contributed by atoms with Crippen LogP contribution in [0.5, 0.6) is 5.75 Å². The third-order valence-electron chi connectivity index (χ3n) is 7.23. The van der Waals surface area contributed by atoms with Gasteiger partial charge in [-0.05, 0) is 60.6 Å². The van der Waals surface area contributed by atoms with Crippen LogP contribution in [0.3, 0.4) is 0 Å². The number of imide groups is 2. The van der Waals surface area contributed by atoms with Crippen molar-refractivity contribution < 1.29 is 23.5 Å². The Morgan fingerprint density at radius 2 is 1.82 bits per heavy atom. The first-order valence-electron chi connectivity index (χ1n) is 11.2. The number of halogens is 1. The van der Waals surface area contributed by atoms with Crippen LogP contribution in [-0.4, -0.2) is 37.5 Å². The van der Waals surface area contributed by atoms with E-state index in [2.05, 4.69) is 12.2 Å². The van der Waals surface area contributed by atoms with Crippen molar-refractivity contribution in [1.82, 2.24) is 5.32 Å². The molecule has 2 aromatic carbocycles. The number of barbiturate groups is 1. The summed E-state index contributed by atoms with van der Waals surface area (Å²) < 4.78 is 20.2. The molecule has 3 heterocycles. The molecule has 5 rings (SSSR count). The summed E-state index contributed by atoms with van der Waals surface area (Å²) in [6.07, 6.45) is 0.828. The lowest BCUT2D eigenvalue weighted by Crippen LogP contribution is -2.74. The Labute approximate surface area is 191 Å². The van der Waals surface area contributed by atoms with Gasteiger partial charge in [0.05, 0.1) is 24.5 Å². The molecule has 1 spiro atoms. The summed E-state index contributed by atoms with van der Waals surface area (Å²) in [6.45, 7) is 4.61. The van der Waals surface area contributed by atoms with E-state index in [0.717, 1.165) is 11.3 Å². The highest BCUT2D eigenvalue weighted by molar-refractivity contribution is 6.30. The number of hydrogen-bond acceptors (Lipinski definition) is 5. The second-order valence-corrected chi connectivity index (χ2v) is 9.41. The summed E-state index contributed by atoms with van der Waals surface area (Å²) in [5, 5.41) is 2.43. The van der Waals surface area contributed by atoms with Crippen molar-refractivity contribution in [2.24, 2.45) is 17.3 Å². The average Bonchev–Trinajstić information content (AvgIpc) is 2.77. The molecule has 1 N–H and O–H groups in total. The number of fused-ring (bicyclic) bond motifs is 4. The normalized spacial score (nSPS) is 29.0. The first-order chi connectivity index (χ1) is 15.8. The quantitative estimate of drug-likeness (QED) is 0.707. The predicted molar refractivity (Wildman–Crippen MR) is 121 cm³/mol. The molecule has 0 radical (unpaired) electrons. The zero-order chi connectivity index (χ0) is 23.5. The molecule has 0 unspecified atom stereocenters. The number of methoxy groups -OCH3 is 1. The Morgan fingerprint density at radius 3 is 2.52 bits per heavy atom. The van der Waals surface area contributed by atoms with E-state index in [1.54, 1.807) is 36.4 Å². The summed E-state index contributed by atoms with van der Waals surface area (Å²) in [6, 6.07) is 9.94. The summed E-state index contributed by atoms with van der Waals surface area (Å²) in [7, 11) is 1.53.